The lowest BCUT2D eigenvalue weighted by Gasteiger charge is -2.10. The van der Waals surface area contributed by atoms with Gasteiger partial charge in [0.15, 0.2) is 5.75 Å². The van der Waals surface area contributed by atoms with Crippen LogP contribution in [0.5, 0.6) is 5.75 Å². The molecule has 1 heterocycles. The summed E-state index contributed by atoms with van der Waals surface area (Å²) in [4.78, 5) is 6.01. The largest absolute Gasteiger partial charge is 0.505 e. The van der Waals surface area contributed by atoms with E-state index in [0.29, 0.717) is 16.7 Å². The van der Waals surface area contributed by atoms with Crippen molar-refractivity contribution in [2.75, 3.05) is 14.1 Å². The fraction of sp³-hybridized carbons (Fsp3) is 0.375. The van der Waals surface area contributed by atoms with Gasteiger partial charge in [0.2, 0.25) is 0 Å². The Kier molecular flexibility index (Phi) is 3.05. The Morgan fingerprint density at radius 3 is 2.83 bits per heavy atom. The Balaban J connectivity index is 2.92. The molecule has 0 saturated heterocycles. The van der Waals surface area contributed by atoms with Crippen molar-refractivity contribution in [3.8, 4) is 5.75 Å². The minimum atomic E-state index is 0.228. The molecule has 0 aliphatic rings. The highest BCUT2D eigenvalue weighted by Gasteiger charge is 2.06. The zero-order valence-electron chi connectivity index (χ0n) is 7.08. The van der Waals surface area contributed by atoms with Crippen LogP contribution in [0.25, 0.3) is 0 Å². The highest BCUT2D eigenvalue weighted by atomic mass is 79.9. The molecule has 0 aliphatic carbocycles. The van der Waals surface area contributed by atoms with Crippen LogP contribution < -0.4 is 0 Å². The summed E-state index contributed by atoms with van der Waals surface area (Å²) in [7, 11) is 3.87. The number of hydrogen-bond acceptors (Lipinski definition) is 3. The van der Waals surface area contributed by atoms with Crippen molar-refractivity contribution in [2.24, 2.45) is 0 Å². The molecule has 4 heteroatoms. The minimum absolute atomic E-state index is 0.228. The van der Waals surface area contributed by atoms with Crippen molar-refractivity contribution in [2.45, 2.75) is 6.54 Å². The average molecular weight is 231 g/mol. The van der Waals surface area contributed by atoms with Gasteiger partial charge in [0.25, 0.3) is 0 Å². The van der Waals surface area contributed by atoms with Crippen LogP contribution in [0.1, 0.15) is 5.69 Å². The van der Waals surface area contributed by atoms with Crippen molar-refractivity contribution < 1.29 is 5.11 Å². The number of nitrogens with zero attached hydrogens (tertiary/aromatic N) is 2. The Morgan fingerprint density at radius 2 is 2.25 bits per heavy atom. The van der Waals surface area contributed by atoms with Crippen LogP contribution in [-0.4, -0.2) is 29.1 Å². The molecule has 1 rings (SSSR count). The third kappa shape index (κ3) is 2.19. The van der Waals surface area contributed by atoms with Gasteiger partial charge in [-0.2, -0.15) is 0 Å². The predicted molar refractivity (Wildman–Crippen MR) is 51.0 cm³/mol. The molecular formula is C8H11BrN2O. The normalized spacial score (nSPS) is 10.7. The summed E-state index contributed by atoms with van der Waals surface area (Å²) < 4.78 is 0.689. The van der Waals surface area contributed by atoms with Crippen LogP contribution in [0.3, 0.4) is 0 Å². The number of hydrogen-bond donors (Lipinski definition) is 1. The molecule has 66 valence electrons. The van der Waals surface area contributed by atoms with Crippen LogP contribution >= 0.6 is 15.9 Å². The van der Waals surface area contributed by atoms with Gasteiger partial charge in [0.05, 0.1) is 10.2 Å². The van der Waals surface area contributed by atoms with E-state index in [1.165, 1.54) is 0 Å². The van der Waals surface area contributed by atoms with Gasteiger partial charge in [-0.25, -0.2) is 0 Å². The van der Waals surface area contributed by atoms with Crippen LogP contribution in [0, 0.1) is 0 Å². The first-order chi connectivity index (χ1) is 5.61. The molecule has 0 atom stereocenters. The van der Waals surface area contributed by atoms with Crippen molar-refractivity contribution in [3.05, 3.63) is 22.4 Å². The highest BCUT2D eigenvalue weighted by molar-refractivity contribution is 9.10. The lowest BCUT2D eigenvalue weighted by Crippen LogP contribution is -2.11. The van der Waals surface area contributed by atoms with E-state index in [4.69, 9.17) is 0 Å². The predicted octanol–water partition coefficient (Wildman–Crippen LogP) is 1.61. The summed E-state index contributed by atoms with van der Waals surface area (Å²) in [6, 6.07) is 1.72. The number of rotatable bonds is 2. The summed E-state index contributed by atoms with van der Waals surface area (Å²) in [6.07, 6.45) is 1.67. The van der Waals surface area contributed by atoms with Gasteiger partial charge < -0.3 is 10.0 Å². The molecule has 0 spiro atoms. The standard InChI is InChI=1S/C8H11BrN2O/c1-11(2)5-7-8(12)6(9)3-4-10-7/h3-4,12H,5H2,1-2H3. The first-order valence-electron chi connectivity index (χ1n) is 3.58. The number of aromatic hydroxyl groups is 1. The monoisotopic (exact) mass is 230 g/mol. The Bertz CT molecular complexity index is 276. The van der Waals surface area contributed by atoms with Crippen molar-refractivity contribution in [3.63, 3.8) is 0 Å². The van der Waals surface area contributed by atoms with E-state index in [-0.39, 0.29) is 5.75 Å². The Hall–Kier alpha value is -0.610. The summed E-state index contributed by atoms with van der Waals surface area (Å²) in [5.41, 5.74) is 0.689. The quantitative estimate of drug-likeness (QED) is 0.839. The smallest absolute Gasteiger partial charge is 0.152 e. The molecule has 1 N–H and O–H groups in total. The average Bonchev–Trinajstić information content (AvgIpc) is 1.98. The van der Waals surface area contributed by atoms with Crippen molar-refractivity contribution in [1.29, 1.82) is 0 Å². The van der Waals surface area contributed by atoms with Gasteiger partial charge >= 0.3 is 0 Å². The lowest BCUT2D eigenvalue weighted by molar-refractivity contribution is 0.378. The third-order valence-electron chi connectivity index (χ3n) is 1.42. The first-order valence-corrected chi connectivity index (χ1v) is 4.37. The van der Waals surface area contributed by atoms with Crippen molar-refractivity contribution >= 4 is 15.9 Å². The van der Waals surface area contributed by atoms with E-state index in [0.717, 1.165) is 0 Å². The summed E-state index contributed by atoms with van der Waals surface area (Å²) in [6.45, 7) is 0.644. The summed E-state index contributed by atoms with van der Waals surface area (Å²) >= 11 is 3.23. The zero-order chi connectivity index (χ0) is 9.14. The molecule has 1 aromatic rings. The molecule has 0 bridgehead atoms. The van der Waals surface area contributed by atoms with E-state index in [1.807, 2.05) is 19.0 Å². The van der Waals surface area contributed by atoms with E-state index in [1.54, 1.807) is 12.3 Å². The molecule has 12 heavy (non-hydrogen) atoms. The second-order valence-electron chi connectivity index (χ2n) is 2.83. The fourth-order valence-corrected chi connectivity index (χ4v) is 1.23. The van der Waals surface area contributed by atoms with Gasteiger partial charge in [-0.3, -0.25) is 4.98 Å². The molecule has 0 amide bonds. The van der Waals surface area contributed by atoms with E-state index in [2.05, 4.69) is 20.9 Å². The molecule has 3 nitrogen and oxygen atoms in total. The van der Waals surface area contributed by atoms with E-state index < -0.39 is 0 Å². The maximum atomic E-state index is 9.51. The second kappa shape index (κ2) is 3.87. The molecular weight excluding hydrogens is 220 g/mol. The summed E-state index contributed by atoms with van der Waals surface area (Å²) in [5.74, 6) is 0.228. The zero-order valence-corrected chi connectivity index (χ0v) is 8.67. The fourth-order valence-electron chi connectivity index (χ4n) is 0.886. The van der Waals surface area contributed by atoms with Crippen LogP contribution in [0.2, 0.25) is 0 Å². The van der Waals surface area contributed by atoms with Gasteiger partial charge in [-0.1, -0.05) is 0 Å². The van der Waals surface area contributed by atoms with Crippen LogP contribution in [-0.2, 0) is 6.54 Å². The summed E-state index contributed by atoms with van der Waals surface area (Å²) in [5, 5.41) is 9.51. The maximum Gasteiger partial charge on any atom is 0.152 e. The van der Waals surface area contributed by atoms with Gasteiger partial charge in [0, 0.05) is 12.7 Å². The molecule has 0 unspecified atom stereocenters. The molecule has 0 radical (unpaired) electrons. The van der Waals surface area contributed by atoms with Crippen LogP contribution in [0.4, 0.5) is 0 Å². The molecule has 0 saturated carbocycles. The third-order valence-corrected chi connectivity index (χ3v) is 2.06. The maximum absolute atomic E-state index is 9.51. The van der Waals surface area contributed by atoms with Crippen molar-refractivity contribution in [1.82, 2.24) is 9.88 Å². The topological polar surface area (TPSA) is 36.4 Å². The number of aromatic nitrogens is 1. The van der Waals surface area contributed by atoms with E-state index in [9.17, 15) is 5.11 Å². The molecule has 0 aromatic carbocycles. The molecule has 1 aromatic heterocycles. The van der Waals surface area contributed by atoms with Gasteiger partial charge in [-0.05, 0) is 36.1 Å². The second-order valence-corrected chi connectivity index (χ2v) is 3.68. The van der Waals surface area contributed by atoms with Gasteiger partial charge in [-0.15, -0.1) is 0 Å². The molecule has 0 aliphatic heterocycles. The Labute approximate surface area is 80.2 Å². The van der Waals surface area contributed by atoms with Crippen LogP contribution in [0.15, 0.2) is 16.7 Å². The number of halogens is 1. The SMILES string of the molecule is CN(C)Cc1nccc(Br)c1O. The van der Waals surface area contributed by atoms with E-state index >= 15 is 0 Å². The lowest BCUT2D eigenvalue weighted by atomic mass is 10.3. The highest BCUT2D eigenvalue weighted by Crippen LogP contribution is 2.25. The minimum Gasteiger partial charge on any atom is -0.505 e. The Morgan fingerprint density at radius 1 is 1.58 bits per heavy atom. The number of pyridine rings is 1. The van der Waals surface area contributed by atoms with Gasteiger partial charge in [0.1, 0.15) is 0 Å². The first kappa shape index (κ1) is 9.48. The molecule has 0 fully saturated rings.